The van der Waals surface area contributed by atoms with Crippen molar-refractivity contribution < 1.29 is 14.6 Å². The van der Waals surface area contributed by atoms with Gasteiger partial charge in [-0.25, -0.2) is 0 Å². The maximum Gasteiger partial charge on any atom is 0.168 e. The molecule has 0 spiro atoms. The van der Waals surface area contributed by atoms with E-state index in [1.54, 1.807) is 0 Å². The van der Waals surface area contributed by atoms with E-state index >= 15 is 0 Å². The first-order valence-electron chi connectivity index (χ1n) is 4.74. The van der Waals surface area contributed by atoms with Crippen molar-refractivity contribution in [1.29, 1.82) is 0 Å². The molecule has 0 bridgehead atoms. The van der Waals surface area contributed by atoms with Gasteiger partial charge in [-0.05, 0) is 13.3 Å². The molecule has 74 valence electrons. The molecule has 0 unspecified atom stereocenters. The van der Waals surface area contributed by atoms with Gasteiger partial charge in [0.15, 0.2) is 5.79 Å². The van der Waals surface area contributed by atoms with Gasteiger partial charge in [-0.15, -0.1) is 0 Å². The summed E-state index contributed by atoms with van der Waals surface area (Å²) in [4.78, 5) is 0. The van der Waals surface area contributed by atoms with E-state index in [0.29, 0.717) is 19.6 Å². The first-order chi connectivity index (χ1) is 6.11. The van der Waals surface area contributed by atoms with Crippen molar-refractivity contribution in [3.8, 4) is 0 Å². The van der Waals surface area contributed by atoms with Crippen LogP contribution in [0.1, 0.15) is 19.8 Å². The minimum atomic E-state index is -0.567. The van der Waals surface area contributed by atoms with Crippen LogP contribution >= 0.6 is 0 Å². The summed E-state index contributed by atoms with van der Waals surface area (Å²) < 4.78 is 10.8. The van der Waals surface area contributed by atoms with E-state index in [9.17, 15) is 5.11 Å². The lowest BCUT2D eigenvalue weighted by atomic mass is 10.1. The standard InChI is InChI=1S/C10H16O3/c1-7-5-8(7)9(11)6-10(2)12-3-4-13-10/h8-9,11H,1,3-6H2,2H3/t8-,9-/m1/s1. The molecule has 0 amide bonds. The quantitative estimate of drug-likeness (QED) is 0.667. The van der Waals surface area contributed by atoms with Crippen LogP contribution < -0.4 is 0 Å². The SMILES string of the molecule is C=C1C[C@H]1[C@H](O)CC1(C)OCCO1. The Hall–Kier alpha value is -0.380. The van der Waals surface area contributed by atoms with Crippen molar-refractivity contribution in [3.63, 3.8) is 0 Å². The van der Waals surface area contributed by atoms with Gasteiger partial charge in [0.05, 0.1) is 19.3 Å². The highest BCUT2D eigenvalue weighted by Gasteiger charge is 2.41. The smallest absolute Gasteiger partial charge is 0.168 e. The minimum Gasteiger partial charge on any atom is -0.392 e. The zero-order valence-corrected chi connectivity index (χ0v) is 7.95. The number of ether oxygens (including phenoxy) is 2. The van der Waals surface area contributed by atoms with Crippen LogP contribution in [0.2, 0.25) is 0 Å². The zero-order valence-electron chi connectivity index (χ0n) is 7.95. The van der Waals surface area contributed by atoms with Gasteiger partial charge in [-0.1, -0.05) is 12.2 Å². The van der Waals surface area contributed by atoms with E-state index in [1.807, 2.05) is 6.92 Å². The fourth-order valence-corrected chi connectivity index (χ4v) is 1.83. The molecule has 2 fully saturated rings. The van der Waals surface area contributed by atoms with Crippen molar-refractivity contribution in [2.75, 3.05) is 13.2 Å². The molecule has 0 aromatic carbocycles. The molecule has 1 aliphatic heterocycles. The third-order valence-electron chi connectivity index (χ3n) is 2.79. The Bertz CT molecular complexity index is 218. The van der Waals surface area contributed by atoms with Gasteiger partial charge in [-0.2, -0.15) is 0 Å². The predicted octanol–water partition coefficient (Wildman–Crippen LogP) is 1.08. The number of rotatable bonds is 3. The molecule has 3 heteroatoms. The Labute approximate surface area is 78.3 Å². The number of hydrogen-bond acceptors (Lipinski definition) is 3. The molecule has 2 aliphatic rings. The normalized spacial score (nSPS) is 33.4. The Balaban J connectivity index is 1.85. The molecule has 0 aromatic rings. The largest absolute Gasteiger partial charge is 0.392 e. The lowest BCUT2D eigenvalue weighted by Crippen LogP contribution is -2.32. The fraction of sp³-hybridized carbons (Fsp3) is 0.800. The van der Waals surface area contributed by atoms with Gasteiger partial charge in [0.1, 0.15) is 0 Å². The second-order valence-electron chi connectivity index (χ2n) is 4.07. The topological polar surface area (TPSA) is 38.7 Å². The van der Waals surface area contributed by atoms with E-state index < -0.39 is 5.79 Å². The van der Waals surface area contributed by atoms with E-state index in [0.717, 1.165) is 12.0 Å². The van der Waals surface area contributed by atoms with E-state index in [4.69, 9.17) is 9.47 Å². The lowest BCUT2D eigenvalue weighted by molar-refractivity contribution is -0.164. The number of aliphatic hydroxyl groups is 1. The van der Waals surface area contributed by atoms with Gasteiger partial charge >= 0.3 is 0 Å². The van der Waals surface area contributed by atoms with Crippen molar-refractivity contribution in [1.82, 2.24) is 0 Å². The molecule has 1 heterocycles. The molecule has 0 radical (unpaired) electrons. The molecule has 13 heavy (non-hydrogen) atoms. The molecule has 3 nitrogen and oxygen atoms in total. The van der Waals surface area contributed by atoms with Crippen LogP contribution in [0.15, 0.2) is 12.2 Å². The molecule has 2 atom stereocenters. The van der Waals surface area contributed by atoms with Crippen molar-refractivity contribution >= 4 is 0 Å². The Morgan fingerprint density at radius 2 is 2.15 bits per heavy atom. The summed E-state index contributed by atoms with van der Waals surface area (Å²) in [5, 5.41) is 9.76. The Kier molecular flexibility index (Phi) is 2.18. The molecule has 1 aliphatic carbocycles. The van der Waals surface area contributed by atoms with Crippen molar-refractivity contribution in [3.05, 3.63) is 12.2 Å². The summed E-state index contributed by atoms with van der Waals surface area (Å²) >= 11 is 0. The van der Waals surface area contributed by atoms with Crippen molar-refractivity contribution in [2.45, 2.75) is 31.7 Å². The summed E-state index contributed by atoms with van der Waals surface area (Å²) in [5.41, 5.74) is 1.15. The van der Waals surface area contributed by atoms with Gasteiger partial charge in [0.2, 0.25) is 0 Å². The van der Waals surface area contributed by atoms with E-state index in [2.05, 4.69) is 6.58 Å². The summed E-state index contributed by atoms with van der Waals surface area (Å²) in [6.07, 6.45) is 1.16. The van der Waals surface area contributed by atoms with Gasteiger partial charge < -0.3 is 14.6 Å². The van der Waals surface area contributed by atoms with Gasteiger partial charge in [-0.3, -0.25) is 0 Å². The monoisotopic (exact) mass is 184 g/mol. The fourth-order valence-electron chi connectivity index (χ4n) is 1.83. The average molecular weight is 184 g/mol. The molecule has 1 N–H and O–H groups in total. The van der Waals surface area contributed by atoms with Crippen LogP contribution in [-0.4, -0.2) is 30.2 Å². The predicted molar refractivity (Wildman–Crippen MR) is 48.2 cm³/mol. The second-order valence-corrected chi connectivity index (χ2v) is 4.07. The first kappa shape index (κ1) is 9.19. The summed E-state index contributed by atoms with van der Waals surface area (Å²) in [7, 11) is 0. The molecule has 1 saturated heterocycles. The minimum absolute atomic E-state index is 0.282. The number of hydrogen-bond donors (Lipinski definition) is 1. The Morgan fingerprint density at radius 1 is 1.62 bits per heavy atom. The third kappa shape index (κ3) is 1.93. The van der Waals surface area contributed by atoms with Crippen LogP contribution in [0.3, 0.4) is 0 Å². The molecular formula is C10H16O3. The highest BCUT2D eigenvalue weighted by atomic mass is 16.7. The molecule has 2 rings (SSSR count). The summed E-state index contributed by atoms with van der Waals surface area (Å²) in [6, 6.07) is 0. The summed E-state index contributed by atoms with van der Waals surface area (Å²) in [5.74, 6) is -0.285. The zero-order chi connectivity index (χ0) is 9.47. The average Bonchev–Trinajstić information content (AvgIpc) is 2.63. The van der Waals surface area contributed by atoms with Crippen LogP contribution in [0.4, 0.5) is 0 Å². The van der Waals surface area contributed by atoms with Crippen LogP contribution in [-0.2, 0) is 9.47 Å². The molecular weight excluding hydrogens is 168 g/mol. The van der Waals surface area contributed by atoms with Crippen LogP contribution in [0.5, 0.6) is 0 Å². The second kappa shape index (κ2) is 3.08. The lowest BCUT2D eigenvalue weighted by Gasteiger charge is -2.24. The first-order valence-corrected chi connectivity index (χ1v) is 4.74. The van der Waals surface area contributed by atoms with Gasteiger partial charge in [0.25, 0.3) is 0 Å². The van der Waals surface area contributed by atoms with Crippen LogP contribution in [0, 0.1) is 5.92 Å². The third-order valence-corrected chi connectivity index (χ3v) is 2.79. The highest BCUT2D eigenvalue weighted by molar-refractivity contribution is 5.21. The van der Waals surface area contributed by atoms with E-state index in [1.165, 1.54) is 0 Å². The maximum atomic E-state index is 9.76. The van der Waals surface area contributed by atoms with Gasteiger partial charge in [0, 0.05) is 12.3 Å². The summed E-state index contributed by atoms with van der Waals surface area (Å²) in [6.45, 7) is 6.98. The van der Waals surface area contributed by atoms with E-state index in [-0.39, 0.29) is 12.0 Å². The molecule has 1 saturated carbocycles. The Morgan fingerprint density at radius 3 is 2.62 bits per heavy atom. The van der Waals surface area contributed by atoms with Crippen LogP contribution in [0.25, 0.3) is 0 Å². The number of aliphatic hydroxyl groups excluding tert-OH is 1. The molecule has 0 aromatic heterocycles. The highest BCUT2D eigenvalue weighted by Crippen LogP contribution is 2.42. The van der Waals surface area contributed by atoms with Crippen molar-refractivity contribution in [2.24, 2.45) is 5.92 Å². The maximum absolute atomic E-state index is 9.76.